The third kappa shape index (κ3) is 3.70. The topological polar surface area (TPSA) is 67.3 Å². The molecule has 2 aliphatic rings. The summed E-state index contributed by atoms with van der Waals surface area (Å²) in [5, 5.41) is 2.98. The van der Waals surface area contributed by atoms with Crippen molar-refractivity contribution in [1.82, 2.24) is 14.9 Å². The molecule has 6 nitrogen and oxygen atoms in total. The lowest BCUT2D eigenvalue weighted by Crippen LogP contribution is -2.51. The molecule has 2 saturated heterocycles. The van der Waals surface area contributed by atoms with Crippen molar-refractivity contribution in [3.8, 4) is 0 Å². The third-order valence-electron chi connectivity index (χ3n) is 5.02. The van der Waals surface area contributed by atoms with E-state index in [4.69, 9.17) is 4.74 Å². The Morgan fingerprint density at radius 2 is 2.08 bits per heavy atom. The predicted molar refractivity (Wildman–Crippen MR) is 93.8 cm³/mol. The van der Waals surface area contributed by atoms with Gasteiger partial charge in [-0.2, -0.15) is 0 Å². The molecule has 4 heterocycles. The van der Waals surface area contributed by atoms with E-state index in [2.05, 4.69) is 26.3 Å². The van der Waals surface area contributed by atoms with Crippen LogP contribution in [0.3, 0.4) is 0 Å². The van der Waals surface area contributed by atoms with Crippen LogP contribution in [0.1, 0.15) is 18.4 Å². The molecule has 6 heteroatoms. The zero-order valence-corrected chi connectivity index (χ0v) is 14.0. The summed E-state index contributed by atoms with van der Waals surface area (Å²) in [4.78, 5) is 23.4. The molecule has 2 aromatic heterocycles. The third-order valence-corrected chi connectivity index (χ3v) is 5.02. The number of nitrogens with one attached hydrogen (secondary N) is 1. The summed E-state index contributed by atoms with van der Waals surface area (Å²) in [7, 11) is 0. The highest BCUT2D eigenvalue weighted by molar-refractivity contribution is 5.92. The molecule has 130 valence electrons. The average molecular weight is 338 g/mol. The molecular weight excluding hydrogens is 316 g/mol. The molecule has 0 aromatic carbocycles. The smallest absolute Gasteiger partial charge is 0.228 e. The van der Waals surface area contributed by atoms with Gasteiger partial charge < -0.3 is 10.1 Å². The number of nitrogens with zero attached hydrogens (tertiary/aromatic N) is 3. The Morgan fingerprint density at radius 1 is 1.24 bits per heavy atom. The van der Waals surface area contributed by atoms with E-state index in [0.717, 1.165) is 38.2 Å². The van der Waals surface area contributed by atoms with Crippen LogP contribution in [0.2, 0.25) is 0 Å². The largest absolute Gasteiger partial charge is 0.377 e. The number of fused-ring (bicyclic) bond motifs is 1. The van der Waals surface area contributed by atoms with Crippen LogP contribution in [-0.2, 0) is 16.1 Å². The normalized spacial score (nSPS) is 26.2. The van der Waals surface area contributed by atoms with Gasteiger partial charge >= 0.3 is 0 Å². The van der Waals surface area contributed by atoms with Crippen LogP contribution in [0.15, 0.2) is 49.1 Å². The minimum absolute atomic E-state index is 0.0399. The first kappa shape index (κ1) is 16.2. The van der Waals surface area contributed by atoms with Crippen LogP contribution >= 0.6 is 0 Å². The minimum atomic E-state index is -0.0868. The van der Waals surface area contributed by atoms with Crippen molar-refractivity contribution < 1.29 is 9.53 Å². The molecular formula is C19H22N4O2. The summed E-state index contributed by atoms with van der Waals surface area (Å²) in [6.07, 6.45) is 8.99. The van der Waals surface area contributed by atoms with Crippen LogP contribution < -0.4 is 5.32 Å². The Bertz CT molecular complexity index is 710. The molecule has 0 spiro atoms. The molecule has 2 fully saturated rings. The number of anilines is 1. The van der Waals surface area contributed by atoms with Gasteiger partial charge in [-0.15, -0.1) is 0 Å². The Labute approximate surface area is 147 Å². The fraction of sp³-hybridized carbons (Fsp3) is 0.421. The molecule has 0 bridgehead atoms. The minimum Gasteiger partial charge on any atom is -0.377 e. The molecule has 3 atom stereocenters. The van der Waals surface area contributed by atoms with Gasteiger partial charge in [0.05, 0.1) is 23.9 Å². The fourth-order valence-corrected chi connectivity index (χ4v) is 3.83. The lowest BCUT2D eigenvalue weighted by Gasteiger charge is -2.40. The van der Waals surface area contributed by atoms with E-state index in [1.807, 2.05) is 24.4 Å². The van der Waals surface area contributed by atoms with E-state index in [0.29, 0.717) is 6.04 Å². The number of piperidine rings is 1. The van der Waals surface area contributed by atoms with Gasteiger partial charge in [0.25, 0.3) is 0 Å². The highest BCUT2D eigenvalue weighted by atomic mass is 16.5. The summed E-state index contributed by atoms with van der Waals surface area (Å²) >= 11 is 0. The van der Waals surface area contributed by atoms with Gasteiger partial charge in [0.2, 0.25) is 5.91 Å². The number of carbonyl (C=O) groups excluding carboxylic acids is 1. The molecule has 2 aliphatic heterocycles. The number of ether oxygens (including phenoxy) is 1. The van der Waals surface area contributed by atoms with Crippen LogP contribution in [0, 0.1) is 5.92 Å². The van der Waals surface area contributed by atoms with E-state index in [1.54, 1.807) is 18.6 Å². The first-order valence-electron chi connectivity index (χ1n) is 8.75. The van der Waals surface area contributed by atoms with E-state index >= 15 is 0 Å². The highest BCUT2D eigenvalue weighted by Gasteiger charge is 2.42. The molecule has 1 N–H and O–H groups in total. The first-order valence-corrected chi connectivity index (χ1v) is 8.75. The average Bonchev–Trinajstić information content (AvgIpc) is 3.12. The molecule has 0 aliphatic carbocycles. The summed E-state index contributed by atoms with van der Waals surface area (Å²) in [6, 6.07) is 8.10. The second-order valence-electron chi connectivity index (χ2n) is 6.72. The maximum atomic E-state index is 12.7. The SMILES string of the molecule is O=C(Nc1cccnc1)[C@H]1C[C@H]2OCC[C@H]2N(Cc2cccnc2)C1. The number of hydrogen-bond donors (Lipinski definition) is 1. The van der Waals surface area contributed by atoms with Gasteiger partial charge in [0, 0.05) is 44.3 Å². The number of aromatic nitrogens is 2. The van der Waals surface area contributed by atoms with E-state index in [-0.39, 0.29) is 17.9 Å². The van der Waals surface area contributed by atoms with Crippen LogP contribution in [0.5, 0.6) is 0 Å². The van der Waals surface area contributed by atoms with Gasteiger partial charge in [-0.3, -0.25) is 19.7 Å². The highest BCUT2D eigenvalue weighted by Crippen LogP contribution is 2.32. The van der Waals surface area contributed by atoms with Gasteiger partial charge in [0.1, 0.15) is 0 Å². The number of pyridine rings is 2. The predicted octanol–water partition coefficient (Wildman–Crippen LogP) is 2.09. The van der Waals surface area contributed by atoms with Crippen LogP contribution in [0.25, 0.3) is 0 Å². The van der Waals surface area contributed by atoms with Gasteiger partial charge in [-0.05, 0) is 36.6 Å². The molecule has 0 saturated carbocycles. The van der Waals surface area contributed by atoms with Gasteiger partial charge in [0.15, 0.2) is 0 Å². The molecule has 1 amide bonds. The maximum Gasteiger partial charge on any atom is 0.228 e. The van der Waals surface area contributed by atoms with E-state index in [1.165, 1.54) is 5.56 Å². The second-order valence-corrected chi connectivity index (χ2v) is 6.72. The Hall–Kier alpha value is -2.31. The monoisotopic (exact) mass is 338 g/mol. The van der Waals surface area contributed by atoms with Crippen molar-refractivity contribution in [2.75, 3.05) is 18.5 Å². The Kier molecular flexibility index (Phi) is 4.72. The molecule has 0 unspecified atom stereocenters. The number of rotatable bonds is 4. The Morgan fingerprint density at radius 3 is 2.84 bits per heavy atom. The lowest BCUT2D eigenvalue weighted by molar-refractivity contribution is -0.124. The number of hydrogen-bond acceptors (Lipinski definition) is 5. The van der Waals surface area contributed by atoms with Crippen molar-refractivity contribution in [1.29, 1.82) is 0 Å². The zero-order chi connectivity index (χ0) is 17.1. The van der Waals surface area contributed by atoms with Crippen LogP contribution in [0.4, 0.5) is 5.69 Å². The molecule has 0 radical (unpaired) electrons. The van der Waals surface area contributed by atoms with Crippen LogP contribution in [-0.4, -0.2) is 46.1 Å². The summed E-state index contributed by atoms with van der Waals surface area (Å²) in [6.45, 7) is 2.32. The summed E-state index contributed by atoms with van der Waals surface area (Å²) < 4.78 is 5.91. The van der Waals surface area contributed by atoms with Crippen molar-refractivity contribution >= 4 is 11.6 Å². The molecule has 25 heavy (non-hydrogen) atoms. The lowest BCUT2D eigenvalue weighted by atomic mass is 9.89. The van der Waals surface area contributed by atoms with Gasteiger partial charge in [-0.1, -0.05) is 6.07 Å². The Balaban J connectivity index is 1.47. The van der Waals surface area contributed by atoms with Crippen molar-refractivity contribution in [3.05, 3.63) is 54.6 Å². The van der Waals surface area contributed by atoms with Gasteiger partial charge in [-0.25, -0.2) is 0 Å². The molecule has 2 aromatic rings. The second kappa shape index (κ2) is 7.29. The first-order chi connectivity index (χ1) is 12.3. The van der Waals surface area contributed by atoms with Crippen molar-refractivity contribution in [3.63, 3.8) is 0 Å². The number of amides is 1. The van der Waals surface area contributed by atoms with Crippen molar-refractivity contribution in [2.45, 2.75) is 31.5 Å². The summed E-state index contributed by atoms with van der Waals surface area (Å²) in [5.41, 5.74) is 1.90. The quantitative estimate of drug-likeness (QED) is 0.925. The van der Waals surface area contributed by atoms with E-state index < -0.39 is 0 Å². The number of carbonyl (C=O) groups is 1. The fourth-order valence-electron chi connectivity index (χ4n) is 3.83. The zero-order valence-electron chi connectivity index (χ0n) is 14.0. The standard InChI is InChI=1S/C19H22N4O2/c24-19(22-16-4-2-7-21-11-16)15-9-18-17(5-8-25-18)23(13-15)12-14-3-1-6-20-10-14/h1-4,6-7,10-11,15,17-18H,5,8-9,12-13H2,(H,22,24)/t15-,17+,18+/m0/s1. The molecule has 4 rings (SSSR count). The maximum absolute atomic E-state index is 12.7. The van der Waals surface area contributed by atoms with Crippen molar-refractivity contribution in [2.24, 2.45) is 5.92 Å². The van der Waals surface area contributed by atoms with E-state index in [9.17, 15) is 4.79 Å². The summed E-state index contributed by atoms with van der Waals surface area (Å²) in [5.74, 6) is -0.0469. The number of likely N-dealkylation sites (tertiary alicyclic amines) is 1.